The van der Waals surface area contributed by atoms with Crippen LogP contribution in [-0.4, -0.2) is 50.6 Å². The molecule has 1 aliphatic heterocycles. The van der Waals surface area contributed by atoms with E-state index in [2.05, 4.69) is 21.9 Å². The summed E-state index contributed by atoms with van der Waals surface area (Å²) in [5, 5.41) is 3.02. The van der Waals surface area contributed by atoms with Crippen molar-refractivity contribution in [2.75, 3.05) is 18.4 Å². The Hall–Kier alpha value is -3.55. The highest BCUT2D eigenvalue weighted by atomic mass is 19.1. The zero-order chi connectivity index (χ0) is 22.4. The van der Waals surface area contributed by atoms with Gasteiger partial charge in [0.15, 0.2) is 0 Å². The molecule has 0 bridgehead atoms. The van der Waals surface area contributed by atoms with Gasteiger partial charge in [-0.05, 0) is 24.6 Å². The maximum absolute atomic E-state index is 14.7. The molecule has 7 nitrogen and oxygen atoms in total. The fourth-order valence-electron chi connectivity index (χ4n) is 3.43. The number of hydrogen-bond acceptors (Lipinski definition) is 5. The van der Waals surface area contributed by atoms with E-state index in [4.69, 9.17) is 0 Å². The first-order valence-electron chi connectivity index (χ1n) is 10.0. The van der Waals surface area contributed by atoms with Gasteiger partial charge in [0.25, 0.3) is 5.56 Å². The summed E-state index contributed by atoms with van der Waals surface area (Å²) in [6, 6.07) is 4.26. The van der Waals surface area contributed by atoms with Gasteiger partial charge in [0.2, 0.25) is 11.9 Å². The Morgan fingerprint density at radius 3 is 2.77 bits per heavy atom. The summed E-state index contributed by atoms with van der Waals surface area (Å²) in [6.07, 6.45) is 9.19. The number of halogens is 1. The molecule has 0 saturated carbocycles. The minimum atomic E-state index is -1.28. The monoisotopic (exact) mass is 423 g/mol. The Morgan fingerprint density at radius 2 is 2.10 bits per heavy atom. The Morgan fingerprint density at radius 1 is 1.35 bits per heavy atom. The lowest BCUT2D eigenvalue weighted by Gasteiger charge is -2.19. The van der Waals surface area contributed by atoms with Crippen LogP contribution in [0.25, 0.3) is 11.3 Å². The number of hydrogen-bond donors (Lipinski definition) is 1. The Kier molecular flexibility index (Phi) is 7.12. The van der Waals surface area contributed by atoms with Gasteiger partial charge in [-0.3, -0.25) is 19.1 Å². The molecule has 0 radical (unpaired) electrons. The van der Waals surface area contributed by atoms with Gasteiger partial charge in [0.05, 0.1) is 24.7 Å². The van der Waals surface area contributed by atoms with Crippen LogP contribution in [-0.2, 0) is 11.8 Å². The molecule has 0 aromatic carbocycles. The number of anilines is 1. The molecule has 2 aromatic rings. The van der Waals surface area contributed by atoms with Crippen LogP contribution in [0.2, 0.25) is 0 Å². The van der Waals surface area contributed by atoms with Crippen molar-refractivity contribution < 1.29 is 9.18 Å². The van der Waals surface area contributed by atoms with E-state index in [1.165, 1.54) is 15.5 Å². The number of nitrogens with one attached hydrogen (secondary N) is 1. The molecule has 0 spiro atoms. The first-order valence-corrected chi connectivity index (χ1v) is 10.0. The average Bonchev–Trinajstić information content (AvgIpc) is 3.12. The van der Waals surface area contributed by atoms with Crippen molar-refractivity contribution in [2.24, 2.45) is 7.05 Å². The zero-order valence-electron chi connectivity index (χ0n) is 17.7. The third-order valence-electron chi connectivity index (χ3n) is 5.09. The van der Waals surface area contributed by atoms with Crippen LogP contribution < -0.4 is 10.9 Å². The highest BCUT2D eigenvalue weighted by molar-refractivity contribution is 5.80. The Labute approximate surface area is 180 Å². The highest BCUT2D eigenvalue weighted by Gasteiger charge is 2.36. The number of pyridine rings is 1. The van der Waals surface area contributed by atoms with Gasteiger partial charge in [0, 0.05) is 37.6 Å². The number of allylic oxidation sites excluding steroid dienone is 4. The molecule has 0 aliphatic carbocycles. The molecule has 1 fully saturated rings. The molecule has 0 unspecified atom stereocenters. The molecule has 162 valence electrons. The van der Waals surface area contributed by atoms with Gasteiger partial charge in [0.1, 0.15) is 6.17 Å². The van der Waals surface area contributed by atoms with Crippen molar-refractivity contribution in [3.8, 4) is 11.3 Å². The van der Waals surface area contributed by atoms with Crippen molar-refractivity contribution in [1.82, 2.24) is 19.4 Å². The zero-order valence-corrected chi connectivity index (χ0v) is 17.7. The third kappa shape index (κ3) is 5.33. The fraction of sp³-hybridized carbons (Fsp3) is 0.304. The molecule has 1 aliphatic rings. The number of aromatic nitrogens is 3. The minimum Gasteiger partial charge on any atom is -0.348 e. The van der Waals surface area contributed by atoms with Gasteiger partial charge in [-0.2, -0.15) is 0 Å². The van der Waals surface area contributed by atoms with Crippen molar-refractivity contribution >= 4 is 11.9 Å². The van der Waals surface area contributed by atoms with Gasteiger partial charge in [-0.25, -0.2) is 9.37 Å². The lowest BCUT2D eigenvalue weighted by molar-refractivity contribution is -0.129. The van der Waals surface area contributed by atoms with E-state index < -0.39 is 12.2 Å². The summed E-state index contributed by atoms with van der Waals surface area (Å²) < 4.78 is 16.1. The van der Waals surface area contributed by atoms with Crippen molar-refractivity contribution in [3.63, 3.8) is 0 Å². The molecule has 2 aromatic heterocycles. The van der Waals surface area contributed by atoms with Crippen LogP contribution in [0.4, 0.5) is 10.3 Å². The van der Waals surface area contributed by atoms with Crippen molar-refractivity contribution in [3.05, 3.63) is 77.4 Å². The molecule has 31 heavy (non-hydrogen) atoms. The van der Waals surface area contributed by atoms with E-state index >= 15 is 0 Å². The van der Waals surface area contributed by atoms with E-state index in [0.29, 0.717) is 5.69 Å². The van der Waals surface area contributed by atoms with Gasteiger partial charge in [-0.15, -0.1) is 0 Å². The van der Waals surface area contributed by atoms with E-state index in [-0.39, 0.29) is 36.9 Å². The summed E-state index contributed by atoms with van der Waals surface area (Å²) in [7, 11) is 1.57. The Balaban J connectivity index is 1.76. The number of carbonyl (C=O) groups is 1. The van der Waals surface area contributed by atoms with E-state index in [1.54, 1.807) is 43.7 Å². The van der Waals surface area contributed by atoms with E-state index in [9.17, 15) is 14.0 Å². The molecule has 8 heteroatoms. The van der Waals surface area contributed by atoms with Crippen LogP contribution in [0, 0.1) is 0 Å². The smallest absolute Gasteiger partial charge is 0.255 e. The molecular weight excluding hydrogens is 397 g/mol. The molecular formula is C23H26FN5O2. The second kappa shape index (κ2) is 9.97. The maximum atomic E-state index is 14.7. The summed E-state index contributed by atoms with van der Waals surface area (Å²) in [5.41, 5.74) is 1.75. The molecule has 3 heterocycles. The predicted octanol–water partition coefficient (Wildman–Crippen LogP) is 2.88. The number of carbonyl (C=O) groups excluding carboxylic acids is 1. The number of nitrogens with zero attached hydrogens (tertiary/aromatic N) is 4. The van der Waals surface area contributed by atoms with Crippen molar-refractivity contribution in [1.29, 1.82) is 0 Å². The van der Waals surface area contributed by atoms with Crippen LogP contribution >= 0.6 is 0 Å². The predicted molar refractivity (Wildman–Crippen MR) is 119 cm³/mol. The maximum Gasteiger partial charge on any atom is 0.255 e. The molecule has 1 amide bonds. The van der Waals surface area contributed by atoms with Crippen LogP contribution in [0.1, 0.15) is 13.3 Å². The number of amides is 1. The summed E-state index contributed by atoms with van der Waals surface area (Å²) in [4.78, 5) is 35.0. The molecule has 1 N–H and O–H groups in total. The fourth-order valence-corrected chi connectivity index (χ4v) is 3.43. The van der Waals surface area contributed by atoms with E-state index in [0.717, 1.165) is 11.1 Å². The normalized spacial score (nSPS) is 19.1. The number of alkyl halides is 1. The topological polar surface area (TPSA) is 80.1 Å². The lowest BCUT2D eigenvalue weighted by Crippen LogP contribution is -2.34. The number of likely N-dealkylation sites (tertiary alicyclic amines) is 1. The summed E-state index contributed by atoms with van der Waals surface area (Å²) >= 11 is 0. The standard InChI is InChI=1S/C23H26FN5O2/c1-4-6-16(7-5-2)12-22(31)29-14-18(24)20(15-29)27-23-26-19(13-21(30)28(23)3)17-8-10-25-11-9-17/h4-11,13,18,20H,1,12,14-15H2,2-3H3,(H,26,27)/b7-5-,16-6+/t18-,20-/m0/s1. The second-order valence-corrected chi connectivity index (χ2v) is 7.32. The largest absolute Gasteiger partial charge is 0.348 e. The molecule has 1 saturated heterocycles. The second-order valence-electron chi connectivity index (χ2n) is 7.32. The van der Waals surface area contributed by atoms with Crippen molar-refractivity contribution in [2.45, 2.75) is 25.6 Å². The first-order chi connectivity index (χ1) is 14.9. The molecule has 3 rings (SSSR count). The average molecular weight is 423 g/mol. The lowest BCUT2D eigenvalue weighted by atomic mass is 10.1. The van der Waals surface area contributed by atoms with Gasteiger partial charge < -0.3 is 10.2 Å². The van der Waals surface area contributed by atoms with Crippen LogP contribution in [0.3, 0.4) is 0 Å². The quantitative estimate of drug-likeness (QED) is 0.693. The summed E-state index contributed by atoms with van der Waals surface area (Å²) in [6.45, 7) is 5.71. The summed E-state index contributed by atoms with van der Waals surface area (Å²) in [5.74, 6) is 0.0907. The highest BCUT2D eigenvalue weighted by Crippen LogP contribution is 2.21. The van der Waals surface area contributed by atoms with Crippen LogP contribution in [0.15, 0.2) is 71.8 Å². The first kappa shape index (κ1) is 22.1. The molecule has 2 atom stereocenters. The number of rotatable bonds is 7. The Bertz CT molecular complexity index is 1060. The third-order valence-corrected chi connectivity index (χ3v) is 5.09. The van der Waals surface area contributed by atoms with Gasteiger partial charge in [-0.1, -0.05) is 30.9 Å². The van der Waals surface area contributed by atoms with E-state index in [1.807, 2.05) is 19.1 Å². The SMILES string of the molecule is C=C/C=C(\C=C/C)CC(=O)N1C[C@H](Nc2nc(-c3ccncc3)cc(=O)n2C)[C@@H](F)C1. The minimum absolute atomic E-state index is 0.00823. The van der Waals surface area contributed by atoms with Crippen LogP contribution in [0.5, 0.6) is 0 Å². The van der Waals surface area contributed by atoms with Gasteiger partial charge >= 0.3 is 0 Å².